The van der Waals surface area contributed by atoms with Gasteiger partial charge >= 0.3 is 13.4 Å². The van der Waals surface area contributed by atoms with Crippen LogP contribution in [0.1, 0.15) is 18.9 Å². The van der Waals surface area contributed by atoms with E-state index in [-0.39, 0.29) is 40.4 Å². The summed E-state index contributed by atoms with van der Waals surface area (Å²) in [4.78, 5) is 52.8. The molecule has 4 aromatic rings. The average Bonchev–Trinajstić information content (AvgIpc) is 3.74. The summed E-state index contributed by atoms with van der Waals surface area (Å²) < 4.78 is 67.9. The summed E-state index contributed by atoms with van der Waals surface area (Å²) in [5.41, 5.74) is 8.74. The van der Waals surface area contributed by atoms with Crippen LogP contribution in [0.15, 0.2) is 23.6 Å². The maximum Gasteiger partial charge on any atom is 0.325 e. The Morgan fingerprint density at radius 3 is 2.68 bits per heavy atom. The number of aromatic nitrogens is 7. The van der Waals surface area contributed by atoms with Gasteiger partial charge in [-0.2, -0.15) is 4.98 Å². The molecular weight excluding hydrogens is 710 g/mol. The van der Waals surface area contributed by atoms with Crippen LogP contribution >= 0.6 is 13.4 Å². The van der Waals surface area contributed by atoms with Gasteiger partial charge in [-0.1, -0.05) is 5.92 Å². The first-order valence-corrected chi connectivity index (χ1v) is 18.6. The number of hydrogen-bond donors (Lipinski definition) is 5. The van der Waals surface area contributed by atoms with Crippen molar-refractivity contribution in [3.63, 3.8) is 0 Å². The van der Waals surface area contributed by atoms with Crippen LogP contribution in [0, 0.1) is 18.2 Å². The van der Waals surface area contributed by atoms with Gasteiger partial charge in [0.1, 0.15) is 36.7 Å². The second-order valence-corrected chi connectivity index (χ2v) is 16.2. The van der Waals surface area contributed by atoms with Gasteiger partial charge in [0.05, 0.1) is 24.9 Å². The summed E-state index contributed by atoms with van der Waals surface area (Å²) in [6.45, 7) is -10.1. The molecule has 18 nitrogen and oxygen atoms in total. The van der Waals surface area contributed by atoms with E-state index in [1.165, 1.54) is 4.57 Å². The first-order chi connectivity index (χ1) is 22.2. The average molecular weight is 734 g/mol. The smallest absolute Gasteiger partial charge is 0.325 e. The maximum absolute atomic E-state index is 16.0. The van der Waals surface area contributed by atoms with Gasteiger partial charge in [-0.15, -0.1) is 6.42 Å². The third-order valence-corrected chi connectivity index (χ3v) is 10.9. The van der Waals surface area contributed by atoms with Crippen molar-refractivity contribution in [2.45, 2.75) is 49.0 Å². The molecule has 250 valence electrons. The molecule has 7 heterocycles. The first kappa shape index (κ1) is 32.5. The molecule has 3 fully saturated rings. The predicted octanol–water partition coefficient (Wildman–Crippen LogP) is 0.645. The van der Waals surface area contributed by atoms with E-state index < -0.39 is 80.6 Å². The highest BCUT2D eigenvalue weighted by molar-refractivity contribution is 8.07. The fraction of sp³-hybridized carbons (Fsp3) is 0.435. The van der Waals surface area contributed by atoms with Crippen molar-refractivity contribution in [1.82, 2.24) is 34.1 Å². The Bertz CT molecular complexity index is 2110. The number of halogens is 2. The standard InChI is InChI=1S/C23H23F2N9O9P2S2/c1-2-23-6-39-45(37,47)43-16-14(25)10(40-21(16)34-8-30-15-19(34)31-22(27)32-20(15)35)5-38-44(36,46)42-11(23)3-12(41-23)33-4-9(24)13-17(26)28-7-29-18(13)33/h1,4,7-8,10-12,14,16,21H,3,5-6H2,(H,36,46)(H,37,47)(H2,26,28,29)(H3,27,31,32,35)/t10-,11+,12-,14-,16-,21-,23-,44?,45?/m1/s1. The number of terminal acetylenes is 1. The monoisotopic (exact) mass is 733 g/mol. The molecule has 0 saturated carbocycles. The van der Waals surface area contributed by atoms with Crippen LogP contribution in [0.25, 0.3) is 22.2 Å². The zero-order valence-corrected chi connectivity index (χ0v) is 26.9. The summed E-state index contributed by atoms with van der Waals surface area (Å²) in [6.07, 6.45) is -0.0478. The van der Waals surface area contributed by atoms with E-state index in [0.29, 0.717) is 0 Å². The molecule has 3 aliphatic rings. The summed E-state index contributed by atoms with van der Waals surface area (Å²) in [5, 5.41) is -0.0704. The van der Waals surface area contributed by atoms with Crippen LogP contribution < -0.4 is 17.0 Å². The zero-order valence-electron chi connectivity index (χ0n) is 23.5. The highest BCUT2D eigenvalue weighted by Crippen LogP contribution is 2.56. The Kier molecular flexibility index (Phi) is 7.99. The fourth-order valence-electron chi connectivity index (χ4n) is 5.63. The summed E-state index contributed by atoms with van der Waals surface area (Å²) in [7, 11) is 0. The number of hydrogen-bond acceptors (Lipinski definition) is 15. The molecule has 0 amide bonds. The number of H-pyrrole nitrogens is 1. The van der Waals surface area contributed by atoms with Crippen LogP contribution in [0.3, 0.4) is 0 Å². The van der Waals surface area contributed by atoms with Crippen molar-refractivity contribution in [3.05, 3.63) is 35.0 Å². The fourth-order valence-corrected chi connectivity index (χ4v) is 8.50. The van der Waals surface area contributed by atoms with Gasteiger partial charge < -0.3 is 48.9 Å². The minimum Gasteiger partial charge on any atom is -0.383 e. The van der Waals surface area contributed by atoms with E-state index >= 15 is 4.39 Å². The zero-order chi connectivity index (χ0) is 33.5. The molecule has 24 heteroatoms. The summed E-state index contributed by atoms with van der Waals surface area (Å²) in [5.74, 6) is 1.28. The molecule has 7 N–H and O–H groups in total. The van der Waals surface area contributed by atoms with Crippen molar-refractivity contribution >= 4 is 71.0 Å². The molecule has 4 aromatic heterocycles. The molecule has 3 aliphatic heterocycles. The van der Waals surface area contributed by atoms with E-state index in [0.717, 1.165) is 23.4 Å². The molecule has 3 saturated heterocycles. The van der Waals surface area contributed by atoms with Crippen molar-refractivity contribution in [1.29, 1.82) is 0 Å². The number of ether oxygens (including phenoxy) is 2. The number of nitrogens with two attached hydrogens (primary N) is 2. The molecule has 0 aromatic carbocycles. The number of imidazole rings is 1. The third-order valence-electron chi connectivity index (χ3n) is 7.78. The van der Waals surface area contributed by atoms with Crippen LogP contribution in [0.5, 0.6) is 0 Å². The molecule has 9 atom stereocenters. The topological polar surface area (TPSA) is 242 Å². The lowest BCUT2D eigenvalue weighted by atomic mass is 9.99. The molecular formula is C23H23F2N9O9P2S2. The lowest BCUT2D eigenvalue weighted by molar-refractivity contribution is -0.0894. The van der Waals surface area contributed by atoms with Crippen LogP contribution in [0.2, 0.25) is 0 Å². The molecule has 0 radical (unpaired) electrons. The van der Waals surface area contributed by atoms with Gasteiger partial charge in [0.25, 0.3) is 5.56 Å². The normalized spacial score (nSPS) is 36.4. The Morgan fingerprint density at radius 2 is 1.91 bits per heavy atom. The number of nitrogens with zero attached hydrogens (tertiary/aromatic N) is 6. The van der Waals surface area contributed by atoms with Gasteiger partial charge in [-0.3, -0.25) is 18.9 Å². The third kappa shape index (κ3) is 5.65. The van der Waals surface area contributed by atoms with E-state index in [1.54, 1.807) is 0 Å². The van der Waals surface area contributed by atoms with Gasteiger partial charge in [-0.25, -0.2) is 23.7 Å². The first-order valence-electron chi connectivity index (χ1n) is 13.5. The van der Waals surface area contributed by atoms with Crippen LogP contribution in [-0.2, 0) is 51.2 Å². The number of alkyl halides is 1. The number of aromatic amines is 1. The van der Waals surface area contributed by atoms with Crippen molar-refractivity contribution in [2.24, 2.45) is 0 Å². The molecule has 0 spiro atoms. The van der Waals surface area contributed by atoms with Crippen molar-refractivity contribution in [3.8, 4) is 12.3 Å². The van der Waals surface area contributed by atoms with E-state index in [4.69, 9.17) is 69.1 Å². The highest BCUT2D eigenvalue weighted by atomic mass is 32.5. The second kappa shape index (κ2) is 11.5. The van der Waals surface area contributed by atoms with Gasteiger partial charge in [-0.05, 0) is 23.6 Å². The Labute approximate surface area is 271 Å². The molecule has 2 bridgehead atoms. The number of nitrogen functional groups attached to an aromatic ring is 2. The molecule has 2 unspecified atom stereocenters. The number of rotatable bonds is 2. The Hall–Kier alpha value is -3.03. The summed E-state index contributed by atoms with van der Waals surface area (Å²) in [6, 6.07) is 0. The van der Waals surface area contributed by atoms with Gasteiger partial charge in [0.2, 0.25) is 5.95 Å². The van der Waals surface area contributed by atoms with Crippen molar-refractivity contribution < 1.29 is 46.1 Å². The Balaban J connectivity index is 1.24. The largest absolute Gasteiger partial charge is 0.383 e. The quantitative estimate of drug-likeness (QED) is 0.140. The van der Waals surface area contributed by atoms with Crippen LogP contribution in [-0.4, -0.2) is 87.1 Å². The minimum atomic E-state index is -4.41. The van der Waals surface area contributed by atoms with E-state index in [1.807, 2.05) is 0 Å². The predicted molar refractivity (Wildman–Crippen MR) is 164 cm³/mol. The highest BCUT2D eigenvalue weighted by Gasteiger charge is 2.55. The number of anilines is 2. The van der Waals surface area contributed by atoms with Crippen LogP contribution in [0.4, 0.5) is 20.5 Å². The van der Waals surface area contributed by atoms with Gasteiger partial charge in [0.15, 0.2) is 40.6 Å². The van der Waals surface area contributed by atoms with Gasteiger partial charge in [0, 0.05) is 12.6 Å². The lowest BCUT2D eigenvalue weighted by Crippen LogP contribution is -2.43. The lowest BCUT2D eigenvalue weighted by Gasteiger charge is -2.32. The molecule has 47 heavy (non-hydrogen) atoms. The number of nitrogens with one attached hydrogen (secondary N) is 1. The number of fused-ring (bicyclic) bond motifs is 5. The maximum atomic E-state index is 16.0. The SMILES string of the molecule is C#C[C@@]12COP(O)(=S)O[C@@H]3[C@H](F)[C@@H](COP(O)(=S)O[C@H]1C[C@H](n1cc(F)c4c(N)ncnc41)O2)O[C@H]3n1cnc2c(=O)[nH]c(N)nc21. The second-order valence-electron chi connectivity index (χ2n) is 10.6. The van der Waals surface area contributed by atoms with Crippen molar-refractivity contribution in [2.75, 3.05) is 24.7 Å². The minimum absolute atomic E-state index is 0.0659. The van der Waals surface area contributed by atoms with E-state index in [2.05, 4.69) is 30.8 Å². The molecule has 0 aliphatic carbocycles. The molecule has 7 rings (SSSR count). The van der Waals surface area contributed by atoms with E-state index in [9.17, 15) is 19.0 Å². The Morgan fingerprint density at radius 1 is 1.15 bits per heavy atom. The summed E-state index contributed by atoms with van der Waals surface area (Å²) >= 11 is 10.5.